The number of carbonyl (C=O) groups is 1. The van der Waals surface area contributed by atoms with Gasteiger partial charge in [0.05, 0.1) is 6.67 Å². The van der Waals surface area contributed by atoms with E-state index in [2.05, 4.69) is 15.5 Å². The highest BCUT2D eigenvalue weighted by Crippen LogP contribution is 1.90. The molecule has 0 atom stereocenters. The van der Waals surface area contributed by atoms with Gasteiger partial charge in [-0.3, -0.25) is 9.69 Å². The molecule has 0 bridgehead atoms. The highest BCUT2D eigenvalue weighted by atomic mass is 16.1. The average molecular weight is 185 g/mol. The quantitative estimate of drug-likeness (QED) is 0.635. The van der Waals surface area contributed by atoms with E-state index in [4.69, 9.17) is 0 Å². The predicted octanol–water partition coefficient (Wildman–Crippen LogP) is -0.235. The molecule has 0 radical (unpaired) electrons. The minimum atomic E-state index is 0.168. The molecule has 0 saturated carbocycles. The van der Waals surface area contributed by atoms with Crippen molar-refractivity contribution in [1.82, 2.24) is 15.5 Å². The number of amides is 1. The first-order valence-electron chi connectivity index (χ1n) is 5.02. The SMILES string of the molecule is CCCC(=O)NCN1CCNCC1. The van der Waals surface area contributed by atoms with E-state index in [9.17, 15) is 4.79 Å². The van der Waals surface area contributed by atoms with Crippen molar-refractivity contribution < 1.29 is 4.79 Å². The molecule has 1 amide bonds. The van der Waals surface area contributed by atoms with Crippen LogP contribution in [0.15, 0.2) is 0 Å². The summed E-state index contributed by atoms with van der Waals surface area (Å²) in [5.41, 5.74) is 0. The summed E-state index contributed by atoms with van der Waals surface area (Å²) in [6.45, 7) is 6.86. The molecule has 0 aromatic rings. The molecule has 1 heterocycles. The van der Waals surface area contributed by atoms with Crippen molar-refractivity contribution in [2.45, 2.75) is 19.8 Å². The second kappa shape index (κ2) is 5.94. The topological polar surface area (TPSA) is 44.4 Å². The van der Waals surface area contributed by atoms with Crippen molar-refractivity contribution in [3.8, 4) is 0 Å². The summed E-state index contributed by atoms with van der Waals surface area (Å²) in [6, 6.07) is 0. The largest absolute Gasteiger partial charge is 0.343 e. The van der Waals surface area contributed by atoms with Crippen LogP contribution in [0.25, 0.3) is 0 Å². The Bertz CT molecular complexity index is 155. The molecule has 0 aliphatic carbocycles. The summed E-state index contributed by atoms with van der Waals surface area (Å²) >= 11 is 0. The van der Waals surface area contributed by atoms with Gasteiger partial charge < -0.3 is 10.6 Å². The smallest absolute Gasteiger partial charge is 0.220 e. The highest BCUT2D eigenvalue weighted by molar-refractivity contribution is 5.75. The van der Waals surface area contributed by atoms with Crippen molar-refractivity contribution in [3.63, 3.8) is 0 Å². The summed E-state index contributed by atoms with van der Waals surface area (Å²) in [4.78, 5) is 13.4. The summed E-state index contributed by atoms with van der Waals surface area (Å²) in [5, 5.41) is 6.19. The van der Waals surface area contributed by atoms with Crippen LogP contribution in [0, 0.1) is 0 Å². The standard InChI is InChI=1S/C9H19N3O/c1-2-3-9(13)11-8-12-6-4-10-5-7-12/h10H,2-8H2,1H3,(H,11,13). The number of nitrogens with one attached hydrogen (secondary N) is 2. The van der Waals surface area contributed by atoms with Crippen LogP contribution in [0.3, 0.4) is 0 Å². The molecule has 0 unspecified atom stereocenters. The zero-order valence-electron chi connectivity index (χ0n) is 8.31. The molecular weight excluding hydrogens is 166 g/mol. The maximum absolute atomic E-state index is 11.1. The van der Waals surface area contributed by atoms with E-state index in [-0.39, 0.29) is 5.91 Å². The van der Waals surface area contributed by atoms with Crippen LogP contribution in [0.4, 0.5) is 0 Å². The lowest BCUT2D eigenvalue weighted by atomic mass is 10.3. The van der Waals surface area contributed by atoms with E-state index in [1.807, 2.05) is 6.92 Å². The second-order valence-electron chi connectivity index (χ2n) is 3.38. The third kappa shape index (κ3) is 4.24. The maximum atomic E-state index is 11.1. The van der Waals surface area contributed by atoms with Crippen LogP contribution < -0.4 is 10.6 Å². The van der Waals surface area contributed by atoms with Gasteiger partial charge in [0.25, 0.3) is 0 Å². The van der Waals surface area contributed by atoms with Gasteiger partial charge in [0.2, 0.25) is 5.91 Å². The van der Waals surface area contributed by atoms with Crippen LogP contribution in [-0.2, 0) is 4.79 Å². The zero-order chi connectivity index (χ0) is 9.52. The van der Waals surface area contributed by atoms with Gasteiger partial charge in [-0.15, -0.1) is 0 Å². The molecule has 1 saturated heterocycles. The number of carbonyl (C=O) groups excluding carboxylic acids is 1. The van der Waals surface area contributed by atoms with Gasteiger partial charge >= 0.3 is 0 Å². The monoisotopic (exact) mass is 185 g/mol. The Kier molecular flexibility index (Phi) is 4.78. The van der Waals surface area contributed by atoms with Crippen LogP contribution >= 0.6 is 0 Å². The van der Waals surface area contributed by atoms with Gasteiger partial charge in [-0.2, -0.15) is 0 Å². The van der Waals surface area contributed by atoms with E-state index < -0.39 is 0 Å². The number of hydrogen-bond donors (Lipinski definition) is 2. The molecule has 4 nitrogen and oxygen atoms in total. The van der Waals surface area contributed by atoms with Gasteiger partial charge in [0.1, 0.15) is 0 Å². The highest BCUT2D eigenvalue weighted by Gasteiger charge is 2.09. The summed E-state index contributed by atoms with van der Waals surface area (Å²) in [6.07, 6.45) is 1.57. The van der Waals surface area contributed by atoms with Crippen molar-refractivity contribution >= 4 is 5.91 Å². The van der Waals surface area contributed by atoms with Crippen molar-refractivity contribution in [3.05, 3.63) is 0 Å². The molecule has 0 aromatic heterocycles. The molecule has 0 spiro atoms. The van der Waals surface area contributed by atoms with Gasteiger partial charge in [-0.05, 0) is 6.42 Å². The van der Waals surface area contributed by atoms with Gasteiger partial charge in [0.15, 0.2) is 0 Å². The second-order valence-corrected chi connectivity index (χ2v) is 3.38. The fourth-order valence-corrected chi connectivity index (χ4v) is 1.38. The molecule has 76 valence electrons. The summed E-state index contributed by atoms with van der Waals surface area (Å²) in [7, 11) is 0. The van der Waals surface area contributed by atoms with Crippen molar-refractivity contribution in [1.29, 1.82) is 0 Å². The predicted molar refractivity (Wildman–Crippen MR) is 52.4 cm³/mol. The molecule has 1 aliphatic rings. The van der Waals surface area contributed by atoms with Crippen molar-refractivity contribution in [2.75, 3.05) is 32.8 Å². The van der Waals surface area contributed by atoms with E-state index in [0.29, 0.717) is 13.1 Å². The third-order valence-corrected chi connectivity index (χ3v) is 2.19. The van der Waals surface area contributed by atoms with E-state index in [1.165, 1.54) is 0 Å². The lowest BCUT2D eigenvalue weighted by molar-refractivity contribution is -0.121. The average Bonchev–Trinajstić information content (AvgIpc) is 2.17. The first-order chi connectivity index (χ1) is 6.33. The van der Waals surface area contributed by atoms with E-state index in [1.54, 1.807) is 0 Å². The summed E-state index contributed by atoms with van der Waals surface area (Å²) in [5.74, 6) is 0.168. The van der Waals surface area contributed by atoms with Gasteiger partial charge in [0, 0.05) is 32.6 Å². The van der Waals surface area contributed by atoms with Crippen LogP contribution in [-0.4, -0.2) is 43.7 Å². The molecule has 1 rings (SSSR count). The van der Waals surface area contributed by atoms with Crippen LogP contribution in [0.5, 0.6) is 0 Å². The number of rotatable bonds is 4. The van der Waals surface area contributed by atoms with Crippen LogP contribution in [0.1, 0.15) is 19.8 Å². The number of piperazine rings is 1. The van der Waals surface area contributed by atoms with Gasteiger partial charge in [-0.1, -0.05) is 6.92 Å². The fourth-order valence-electron chi connectivity index (χ4n) is 1.38. The molecular formula is C9H19N3O. The Hall–Kier alpha value is -0.610. The minimum Gasteiger partial charge on any atom is -0.343 e. The molecule has 0 aromatic carbocycles. The van der Waals surface area contributed by atoms with E-state index in [0.717, 1.165) is 32.6 Å². The molecule has 4 heteroatoms. The minimum absolute atomic E-state index is 0.168. The summed E-state index contributed by atoms with van der Waals surface area (Å²) < 4.78 is 0. The normalized spacial score (nSPS) is 18.5. The Balaban J connectivity index is 2.06. The van der Waals surface area contributed by atoms with Crippen molar-refractivity contribution in [2.24, 2.45) is 0 Å². The Morgan fingerprint density at radius 2 is 2.15 bits per heavy atom. The number of hydrogen-bond acceptors (Lipinski definition) is 3. The Labute approximate surface area is 79.7 Å². The zero-order valence-corrected chi connectivity index (χ0v) is 8.31. The molecule has 2 N–H and O–H groups in total. The fraction of sp³-hybridized carbons (Fsp3) is 0.889. The lowest BCUT2D eigenvalue weighted by Gasteiger charge is -2.27. The first-order valence-corrected chi connectivity index (χ1v) is 5.02. The van der Waals surface area contributed by atoms with Gasteiger partial charge in [-0.25, -0.2) is 0 Å². The van der Waals surface area contributed by atoms with Crippen LogP contribution in [0.2, 0.25) is 0 Å². The number of nitrogens with zero attached hydrogens (tertiary/aromatic N) is 1. The molecule has 1 fully saturated rings. The molecule has 13 heavy (non-hydrogen) atoms. The third-order valence-electron chi connectivity index (χ3n) is 2.19. The lowest BCUT2D eigenvalue weighted by Crippen LogP contribution is -2.48. The Morgan fingerprint density at radius 1 is 1.46 bits per heavy atom. The Morgan fingerprint density at radius 3 is 2.77 bits per heavy atom. The maximum Gasteiger partial charge on any atom is 0.220 e. The molecule has 1 aliphatic heterocycles. The van der Waals surface area contributed by atoms with E-state index >= 15 is 0 Å². The first kappa shape index (κ1) is 10.5.